The topological polar surface area (TPSA) is 71.0 Å². The highest BCUT2D eigenvalue weighted by molar-refractivity contribution is 6.14. The number of anilines is 1. The van der Waals surface area contributed by atoms with Crippen molar-refractivity contribution >= 4 is 23.4 Å². The average molecular weight is 448 g/mol. The number of rotatable bonds is 6. The fourth-order valence-electron chi connectivity index (χ4n) is 4.68. The van der Waals surface area contributed by atoms with Crippen LogP contribution in [-0.4, -0.2) is 30.4 Å². The number of alkyl carbamates (subject to hydrolysis) is 1. The molecule has 1 unspecified atom stereocenters. The molecule has 1 heterocycles. The largest absolute Gasteiger partial charge is 0.445 e. The van der Waals surface area contributed by atoms with Crippen molar-refractivity contribution in [3.05, 3.63) is 65.7 Å². The van der Waals surface area contributed by atoms with Crippen molar-refractivity contribution < 1.29 is 14.3 Å². The molecule has 0 bridgehead atoms. The zero-order valence-electron chi connectivity index (χ0n) is 19.5. The molecule has 6 nitrogen and oxygen atoms in total. The molecule has 0 aromatic heterocycles. The van der Waals surface area contributed by atoms with Gasteiger partial charge in [-0.15, -0.1) is 0 Å². The van der Waals surface area contributed by atoms with Gasteiger partial charge in [0.15, 0.2) is 0 Å². The summed E-state index contributed by atoms with van der Waals surface area (Å²) in [5, 5.41) is 2.75. The van der Waals surface area contributed by atoms with Crippen molar-refractivity contribution in [2.24, 2.45) is 16.8 Å². The first-order chi connectivity index (χ1) is 16.0. The predicted octanol–water partition coefficient (Wildman–Crippen LogP) is 5.31. The third kappa shape index (κ3) is 5.62. The fourth-order valence-corrected chi connectivity index (χ4v) is 4.68. The lowest BCUT2D eigenvalue weighted by Gasteiger charge is -2.27. The van der Waals surface area contributed by atoms with E-state index in [1.165, 1.54) is 6.42 Å². The molecule has 174 valence electrons. The van der Waals surface area contributed by atoms with Crippen LogP contribution in [0, 0.1) is 11.8 Å². The lowest BCUT2D eigenvalue weighted by Crippen LogP contribution is -2.48. The standard InChI is InChI=1S/C27H33N3O3/c1-19(2)17-30-23-16-10-9-15-22(23)24(21-13-7-4-8-14-21)28-25(26(30)31)29-27(32)33-18-20-11-5-3-6-12-20/h3,5-6,9-12,15-16,19,21,25H,4,7-8,13-14,17-18H2,1-2H3,(H,29,32). The zero-order chi connectivity index (χ0) is 23.2. The van der Waals surface area contributed by atoms with Crippen molar-refractivity contribution in [1.82, 2.24) is 5.32 Å². The molecular weight excluding hydrogens is 414 g/mol. The van der Waals surface area contributed by atoms with Crippen LogP contribution in [0.25, 0.3) is 0 Å². The van der Waals surface area contributed by atoms with Crippen LogP contribution in [0.5, 0.6) is 0 Å². The highest BCUT2D eigenvalue weighted by Crippen LogP contribution is 2.34. The normalized spacial score (nSPS) is 19.0. The maximum Gasteiger partial charge on any atom is 0.409 e. The third-order valence-electron chi connectivity index (χ3n) is 6.25. The average Bonchev–Trinajstić information content (AvgIpc) is 2.94. The molecule has 1 aliphatic heterocycles. The van der Waals surface area contributed by atoms with E-state index in [9.17, 15) is 9.59 Å². The van der Waals surface area contributed by atoms with Gasteiger partial charge in [-0.05, 0) is 30.4 Å². The number of carbonyl (C=O) groups is 2. The molecule has 1 fully saturated rings. The molecule has 2 aliphatic rings. The van der Waals surface area contributed by atoms with Crippen LogP contribution in [0.3, 0.4) is 0 Å². The lowest BCUT2D eigenvalue weighted by atomic mass is 9.82. The molecule has 33 heavy (non-hydrogen) atoms. The van der Waals surface area contributed by atoms with Crippen molar-refractivity contribution in [2.75, 3.05) is 11.4 Å². The maximum atomic E-state index is 13.6. The third-order valence-corrected chi connectivity index (χ3v) is 6.25. The van der Waals surface area contributed by atoms with Crippen LogP contribution in [0.15, 0.2) is 59.6 Å². The SMILES string of the molecule is CC(C)CN1C(=O)C(NC(=O)OCc2ccccc2)N=C(C2CCCCC2)c2ccccc21. The van der Waals surface area contributed by atoms with Crippen LogP contribution >= 0.6 is 0 Å². The molecular formula is C27H33N3O3. The van der Waals surface area contributed by atoms with E-state index in [4.69, 9.17) is 9.73 Å². The summed E-state index contributed by atoms with van der Waals surface area (Å²) in [5.74, 6) is 0.332. The van der Waals surface area contributed by atoms with E-state index < -0.39 is 12.3 Å². The molecule has 1 aliphatic carbocycles. The Labute approximate surface area is 196 Å². The quantitative estimate of drug-likeness (QED) is 0.652. The minimum Gasteiger partial charge on any atom is -0.445 e. The number of aliphatic imine (C=N–C) groups is 1. The number of amides is 2. The number of benzodiazepines with no additional fused rings is 1. The smallest absolute Gasteiger partial charge is 0.409 e. The number of ether oxygens (including phenoxy) is 1. The van der Waals surface area contributed by atoms with Crippen LogP contribution in [0.1, 0.15) is 57.1 Å². The van der Waals surface area contributed by atoms with E-state index in [1.54, 1.807) is 4.90 Å². The number of hydrogen-bond donors (Lipinski definition) is 1. The summed E-state index contributed by atoms with van der Waals surface area (Å²) in [7, 11) is 0. The first kappa shape index (κ1) is 23.0. The Bertz CT molecular complexity index is 997. The van der Waals surface area contributed by atoms with Gasteiger partial charge in [-0.25, -0.2) is 4.79 Å². The van der Waals surface area contributed by atoms with Gasteiger partial charge in [-0.3, -0.25) is 15.1 Å². The molecule has 2 aromatic rings. The molecule has 6 heteroatoms. The minimum atomic E-state index is -1.00. The van der Waals surface area contributed by atoms with Crippen LogP contribution in [-0.2, 0) is 16.1 Å². The van der Waals surface area contributed by atoms with E-state index >= 15 is 0 Å². The second kappa shape index (κ2) is 10.6. The number of nitrogens with zero attached hydrogens (tertiary/aromatic N) is 2. The summed E-state index contributed by atoms with van der Waals surface area (Å²) in [6.45, 7) is 4.86. The first-order valence-electron chi connectivity index (χ1n) is 12.0. The second-order valence-electron chi connectivity index (χ2n) is 9.32. The Morgan fingerprint density at radius 3 is 2.48 bits per heavy atom. The number of hydrogen-bond acceptors (Lipinski definition) is 4. The van der Waals surface area contributed by atoms with Crippen molar-refractivity contribution in [1.29, 1.82) is 0 Å². The molecule has 0 spiro atoms. The van der Waals surface area contributed by atoms with E-state index in [1.807, 2.05) is 48.5 Å². The predicted molar refractivity (Wildman–Crippen MR) is 130 cm³/mol. The van der Waals surface area contributed by atoms with Gasteiger partial charge in [0.25, 0.3) is 5.91 Å². The highest BCUT2D eigenvalue weighted by atomic mass is 16.5. The monoisotopic (exact) mass is 447 g/mol. The first-order valence-corrected chi connectivity index (χ1v) is 12.0. The Morgan fingerprint density at radius 2 is 1.76 bits per heavy atom. The van der Waals surface area contributed by atoms with Gasteiger partial charge in [0.2, 0.25) is 6.17 Å². The number of carbonyl (C=O) groups excluding carboxylic acids is 2. The Kier molecular flexibility index (Phi) is 7.43. The summed E-state index contributed by atoms with van der Waals surface area (Å²) >= 11 is 0. The molecule has 0 radical (unpaired) electrons. The van der Waals surface area contributed by atoms with Crippen LogP contribution in [0.4, 0.5) is 10.5 Å². The Balaban J connectivity index is 1.62. The molecule has 4 rings (SSSR count). The van der Waals surface area contributed by atoms with E-state index in [2.05, 4.69) is 25.2 Å². The van der Waals surface area contributed by atoms with Gasteiger partial charge >= 0.3 is 6.09 Å². The van der Waals surface area contributed by atoms with Crippen molar-refractivity contribution in [3.63, 3.8) is 0 Å². The summed E-state index contributed by atoms with van der Waals surface area (Å²) in [6, 6.07) is 17.5. The lowest BCUT2D eigenvalue weighted by molar-refractivity contribution is -0.120. The number of para-hydroxylation sites is 1. The number of nitrogens with one attached hydrogen (secondary N) is 1. The van der Waals surface area contributed by atoms with Gasteiger partial charge in [0.05, 0.1) is 11.4 Å². The van der Waals surface area contributed by atoms with Crippen molar-refractivity contribution in [3.8, 4) is 0 Å². The van der Waals surface area contributed by atoms with Gasteiger partial charge in [-0.2, -0.15) is 0 Å². The summed E-state index contributed by atoms with van der Waals surface area (Å²) in [6.07, 6.45) is 4.01. The van der Waals surface area contributed by atoms with Crippen molar-refractivity contribution in [2.45, 2.75) is 58.7 Å². The van der Waals surface area contributed by atoms with Gasteiger partial charge in [-0.1, -0.05) is 81.6 Å². The van der Waals surface area contributed by atoms with Gasteiger partial charge in [0, 0.05) is 18.0 Å². The van der Waals surface area contributed by atoms with E-state index in [0.717, 1.165) is 48.2 Å². The molecule has 2 aromatic carbocycles. The molecule has 1 N–H and O–H groups in total. The summed E-state index contributed by atoms with van der Waals surface area (Å²) in [4.78, 5) is 33.0. The van der Waals surface area contributed by atoms with Gasteiger partial charge < -0.3 is 9.64 Å². The van der Waals surface area contributed by atoms with E-state index in [-0.39, 0.29) is 24.3 Å². The van der Waals surface area contributed by atoms with E-state index in [0.29, 0.717) is 6.54 Å². The number of fused-ring (bicyclic) bond motifs is 1. The second-order valence-corrected chi connectivity index (χ2v) is 9.32. The summed E-state index contributed by atoms with van der Waals surface area (Å²) < 4.78 is 5.40. The fraction of sp³-hybridized carbons (Fsp3) is 0.444. The molecule has 0 saturated heterocycles. The van der Waals surface area contributed by atoms with Crippen LogP contribution in [0.2, 0.25) is 0 Å². The summed E-state index contributed by atoms with van der Waals surface area (Å²) in [5.41, 5.74) is 3.70. The zero-order valence-corrected chi connectivity index (χ0v) is 19.5. The Hall–Kier alpha value is -3.15. The van der Waals surface area contributed by atoms with Gasteiger partial charge in [0.1, 0.15) is 6.61 Å². The number of benzene rings is 2. The maximum absolute atomic E-state index is 13.6. The highest BCUT2D eigenvalue weighted by Gasteiger charge is 2.35. The molecule has 2 amide bonds. The minimum absolute atomic E-state index is 0.142. The Morgan fingerprint density at radius 1 is 1.06 bits per heavy atom. The molecule has 1 saturated carbocycles. The van der Waals surface area contributed by atoms with Crippen LogP contribution < -0.4 is 10.2 Å². The molecule has 1 atom stereocenters.